The molecular weight excluding hydrogens is 376 g/mol. The van der Waals surface area contributed by atoms with Crippen molar-refractivity contribution in [2.75, 3.05) is 7.11 Å². The number of hydrogen-bond acceptors (Lipinski definition) is 10. The van der Waals surface area contributed by atoms with E-state index in [1.165, 1.54) is 35.8 Å². The van der Waals surface area contributed by atoms with Gasteiger partial charge in [-0.05, 0) is 17.4 Å². The lowest BCUT2D eigenvalue weighted by atomic mass is 10.2. The number of methoxy groups -OCH3 is 1. The molecule has 0 aliphatic heterocycles. The molecule has 12 nitrogen and oxygen atoms in total. The lowest BCUT2D eigenvalue weighted by molar-refractivity contribution is -0.394. The number of hydrogen-bond donors (Lipinski definition) is 0. The van der Waals surface area contributed by atoms with Gasteiger partial charge in [0.25, 0.3) is 0 Å². The van der Waals surface area contributed by atoms with Crippen molar-refractivity contribution in [3.8, 4) is 0 Å². The van der Waals surface area contributed by atoms with Gasteiger partial charge in [0.05, 0.1) is 19.0 Å². The van der Waals surface area contributed by atoms with E-state index in [0.717, 1.165) is 10.9 Å². The van der Waals surface area contributed by atoms with Crippen LogP contribution in [0.15, 0.2) is 12.7 Å². The topological polar surface area (TPSA) is 143 Å². The number of fused-ring (bicyclic) bond motifs is 3. The minimum Gasteiger partial charge on any atom is -0.465 e. The first-order chi connectivity index (χ1) is 13.0. The molecule has 27 heavy (non-hydrogen) atoms. The van der Waals surface area contributed by atoms with Gasteiger partial charge in [0.2, 0.25) is 6.33 Å². The molecule has 0 fully saturated rings. The number of esters is 1. The van der Waals surface area contributed by atoms with Gasteiger partial charge in [-0.2, -0.15) is 4.68 Å². The molecule has 0 amide bonds. The second-order valence-corrected chi connectivity index (χ2v) is 6.58. The van der Waals surface area contributed by atoms with E-state index in [2.05, 4.69) is 25.1 Å². The van der Waals surface area contributed by atoms with Crippen LogP contribution >= 0.6 is 11.3 Å². The molecule has 4 aromatic rings. The van der Waals surface area contributed by atoms with Crippen molar-refractivity contribution in [3.63, 3.8) is 0 Å². The van der Waals surface area contributed by atoms with Gasteiger partial charge in [-0.15, -0.1) is 16.4 Å². The molecule has 0 unspecified atom stereocenters. The summed E-state index contributed by atoms with van der Waals surface area (Å²) in [7, 11) is 1.33. The summed E-state index contributed by atoms with van der Waals surface area (Å²) in [6.07, 6.45) is 3.22. The van der Waals surface area contributed by atoms with E-state index < -0.39 is 16.8 Å². The fourth-order valence-corrected chi connectivity index (χ4v) is 3.72. The van der Waals surface area contributed by atoms with E-state index in [1.807, 2.05) is 6.92 Å². The van der Waals surface area contributed by atoms with Crippen molar-refractivity contribution >= 4 is 39.1 Å². The van der Waals surface area contributed by atoms with Crippen LogP contribution in [0.2, 0.25) is 0 Å². The van der Waals surface area contributed by atoms with Gasteiger partial charge in [-0.3, -0.25) is 0 Å². The third-order valence-corrected chi connectivity index (χ3v) is 5.11. The molecule has 4 aromatic heterocycles. The van der Waals surface area contributed by atoms with Gasteiger partial charge in [-0.1, -0.05) is 4.98 Å². The summed E-state index contributed by atoms with van der Waals surface area (Å²) in [4.78, 5) is 35.5. The van der Waals surface area contributed by atoms with Crippen molar-refractivity contribution in [2.24, 2.45) is 0 Å². The molecular formula is C14H12N8O4S. The zero-order chi connectivity index (χ0) is 19.1. The Labute approximate surface area is 154 Å². The van der Waals surface area contributed by atoms with Crippen LogP contribution < -0.4 is 0 Å². The lowest BCUT2D eigenvalue weighted by Crippen LogP contribution is -2.04. The Morgan fingerprint density at radius 1 is 1.33 bits per heavy atom. The first kappa shape index (κ1) is 17.0. The molecule has 0 radical (unpaired) electrons. The van der Waals surface area contributed by atoms with Crippen LogP contribution in [0.3, 0.4) is 0 Å². The second kappa shape index (κ2) is 6.35. The summed E-state index contributed by atoms with van der Waals surface area (Å²) in [6.45, 7) is 2.15. The molecule has 4 rings (SSSR count). The van der Waals surface area contributed by atoms with E-state index in [0.29, 0.717) is 34.1 Å². The van der Waals surface area contributed by atoms with Crippen molar-refractivity contribution < 1.29 is 14.5 Å². The summed E-state index contributed by atoms with van der Waals surface area (Å²) >= 11 is 1.24. The highest BCUT2D eigenvalue weighted by molar-refractivity contribution is 7.20. The molecule has 0 atom stereocenters. The quantitative estimate of drug-likeness (QED) is 0.279. The average molecular weight is 388 g/mol. The third kappa shape index (κ3) is 2.87. The molecule has 4 heterocycles. The molecule has 0 aliphatic rings. The van der Waals surface area contributed by atoms with E-state index in [-0.39, 0.29) is 0 Å². The van der Waals surface area contributed by atoms with E-state index in [9.17, 15) is 14.9 Å². The Balaban J connectivity index is 1.67. The summed E-state index contributed by atoms with van der Waals surface area (Å²) < 4.78 is 7.72. The first-order valence-electron chi connectivity index (χ1n) is 7.73. The highest BCUT2D eigenvalue weighted by Gasteiger charge is 2.21. The molecule has 0 saturated heterocycles. The molecule has 138 valence electrons. The Morgan fingerprint density at radius 2 is 2.15 bits per heavy atom. The van der Waals surface area contributed by atoms with Crippen LogP contribution in [0.25, 0.3) is 15.9 Å². The van der Waals surface area contributed by atoms with Gasteiger partial charge < -0.3 is 14.9 Å². The first-order valence-corrected chi connectivity index (χ1v) is 8.55. The zero-order valence-electron chi connectivity index (χ0n) is 14.2. The highest BCUT2D eigenvalue weighted by atomic mass is 32.1. The van der Waals surface area contributed by atoms with Gasteiger partial charge >= 0.3 is 11.9 Å². The van der Waals surface area contributed by atoms with E-state index >= 15 is 0 Å². The Bertz CT molecular complexity index is 1190. The summed E-state index contributed by atoms with van der Waals surface area (Å²) in [5, 5.41) is 19.5. The summed E-state index contributed by atoms with van der Waals surface area (Å²) in [5.74, 6) is -0.345. The van der Waals surface area contributed by atoms with Gasteiger partial charge in [0.15, 0.2) is 11.5 Å². The van der Waals surface area contributed by atoms with Crippen molar-refractivity contribution in [3.05, 3.63) is 39.0 Å². The molecule has 0 saturated carbocycles. The molecule has 0 N–H and O–H groups in total. The third-order valence-electron chi connectivity index (χ3n) is 3.93. The number of thiophene rings is 1. The van der Waals surface area contributed by atoms with E-state index in [1.54, 1.807) is 4.52 Å². The molecule has 0 aromatic carbocycles. The molecule has 0 aliphatic carbocycles. The average Bonchev–Trinajstić information content (AvgIpc) is 3.35. The lowest BCUT2D eigenvalue weighted by Gasteiger charge is -1.96. The number of ether oxygens (including phenoxy) is 1. The number of aromatic nitrogens is 7. The summed E-state index contributed by atoms with van der Waals surface area (Å²) in [6, 6.07) is 0. The number of rotatable bonds is 5. The van der Waals surface area contributed by atoms with Crippen molar-refractivity contribution in [1.82, 2.24) is 34.3 Å². The summed E-state index contributed by atoms with van der Waals surface area (Å²) in [5.41, 5.74) is 1.33. The maximum atomic E-state index is 11.9. The maximum absolute atomic E-state index is 11.9. The number of nitro groups is 1. The number of carbonyl (C=O) groups is 1. The van der Waals surface area contributed by atoms with Crippen LogP contribution in [0.5, 0.6) is 0 Å². The van der Waals surface area contributed by atoms with Gasteiger partial charge in [0.1, 0.15) is 16.0 Å². The van der Waals surface area contributed by atoms with Crippen LogP contribution in [0.4, 0.5) is 5.95 Å². The van der Waals surface area contributed by atoms with Gasteiger partial charge in [-0.25, -0.2) is 19.3 Å². The minimum absolute atomic E-state index is 0.338. The van der Waals surface area contributed by atoms with Crippen LogP contribution in [-0.4, -0.2) is 52.3 Å². The normalized spacial score (nSPS) is 11.3. The Morgan fingerprint density at radius 3 is 2.85 bits per heavy atom. The second-order valence-electron chi connectivity index (χ2n) is 5.58. The fourth-order valence-electron chi connectivity index (χ4n) is 2.66. The molecule has 0 bridgehead atoms. The number of aryl methyl sites for hydroxylation is 3. The predicted molar refractivity (Wildman–Crippen MR) is 92.6 cm³/mol. The van der Waals surface area contributed by atoms with Crippen LogP contribution in [0, 0.1) is 17.0 Å². The standard InChI is InChI=1S/C14H12N8O4S/c1-7-9-11-17-8(3-4-20-5-16-14(19-20)22(24)25)18-21(11)6-15-12(9)27-10(7)13(23)26-2/h5-6H,3-4H2,1-2H3. The van der Waals surface area contributed by atoms with E-state index in [4.69, 9.17) is 4.74 Å². The fraction of sp³-hybridized carbons (Fsp3) is 0.286. The number of nitrogens with zero attached hydrogens (tertiary/aromatic N) is 8. The molecule has 0 spiro atoms. The highest BCUT2D eigenvalue weighted by Crippen LogP contribution is 2.32. The zero-order valence-corrected chi connectivity index (χ0v) is 15.0. The largest absolute Gasteiger partial charge is 0.490 e. The van der Waals surface area contributed by atoms with Gasteiger partial charge in [0, 0.05) is 11.5 Å². The SMILES string of the molecule is COC(=O)c1sc2ncn3nc(CCn4cnc([N+](=O)[O-])n4)nc3c2c1C. The van der Waals surface area contributed by atoms with Crippen molar-refractivity contribution in [1.29, 1.82) is 0 Å². The predicted octanol–water partition coefficient (Wildman–Crippen LogP) is 1.18. The Kier molecular flexibility index (Phi) is 3.99. The smallest absolute Gasteiger partial charge is 0.465 e. The minimum atomic E-state index is -0.652. The van der Waals surface area contributed by atoms with Crippen molar-refractivity contribution in [2.45, 2.75) is 19.9 Å². The van der Waals surface area contributed by atoms with Crippen LogP contribution in [0.1, 0.15) is 21.1 Å². The van der Waals surface area contributed by atoms with Crippen LogP contribution in [-0.2, 0) is 17.7 Å². The number of carbonyl (C=O) groups excluding carboxylic acids is 1. The maximum Gasteiger partial charge on any atom is 0.490 e. The molecule has 13 heteroatoms. The Hall–Kier alpha value is -3.48. The monoisotopic (exact) mass is 388 g/mol.